The smallest absolute Gasteiger partial charge is 0.269 e. The number of benzene rings is 1. The summed E-state index contributed by atoms with van der Waals surface area (Å²) in [7, 11) is 0. The van der Waals surface area contributed by atoms with Gasteiger partial charge in [-0.3, -0.25) is 10.1 Å². The standard InChI is InChI=1S/C14H15NO3/c1-14(2,3)13-9-8-12(18-13)10-4-6-11(7-5-10)15(16)17/h4-9H,1-3H3. The lowest BCUT2D eigenvalue weighted by molar-refractivity contribution is -0.384. The Bertz CT molecular complexity index is 561. The highest BCUT2D eigenvalue weighted by molar-refractivity contribution is 5.59. The maximum absolute atomic E-state index is 10.6. The third kappa shape index (κ3) is 2.42. The zero-order valence-corrected chi connectivity index (χ0v) is 10.6. The first-order valence-corrected chi connectivity index (χ1v) is 5.73. The van der Waals surface area contributed by atoms with Crippen LogP contribution in [-0.4, -0.2) is 4.92 Å². The van der Waals surface area contributed by atoms with Gasteiger partial charge in [0.1, 0.15) is 11.5 Å². The van der Waals surface area contributed by atoms with Crippen LogP contribution in [0.5, 0.6) is 0 Å². The summed E-state index contributed by atoms with van der Waals surface area (Å²) < 4.78 is 5.76. The van der Waals surface area contributed by atoms with E-state index in [0.29, 0.717) is 0 Å². The summed E-state index contributed by atoms with van der Waals surface area (Å²) in [6.07, 6.45) is 0. The van der Waals surface area contributed by atoms with Crippen molar-refractivity contribution >= 4 is 5.69 Å². The molecule has 0 bridgehead atoms. The van der Waals surface area contributed by atoms with Crippen LogP contribution in [0.2, 0.25) is 0 Å². The fourth-order valence-electron chi connectivity index (χ4n) is 1.64. The largest absolute Gasteiger partial charge is 0.461 e. The van der Waals surface area contributed by atoms with Crippen molar-refractivity contribution < 1.29 is 9.34 Å². The number of hydrogen-bond donors (Lipinski definition) is 0. The van der Waals surface area contributed by atoms with Gasteiger partial charge in [0.25, 0.3) is 5.69 Å². The van der Waals surface area contributed by atoms with E-state index in [4.69, 9.17) is 4.42 Å². The molecule has 2 rings (SSSR count). The van der Waals surface area contributed by atoms with E-state index in [2.05, 4.69) is 20.8 Å². The minimum atomic E-state index is -0.410. The molecule has 18 heavy (non-hydrogen) atoms. The minimum absolute atomic E-state index is 0.0426. The molecule has 0 atom stereocenters. The van der Waals surface area contributed by atoms with E-state index >= 15 is 0 Å². The van der Waals surface area contributed by atoms with Gasteiger partial charge in [0.15, 0.2) is 0 Å². The average molecular weight is 245 g/mol. The minimum Gasteiger partial charge on any atom is -0.461 e. The van der Waals surface area contributed by atoms with Crippen LogP contribution in [0.1, 0.15) is 26.5 Å². The van der Waals surface area contributed by atoms with Gasteiger partial charge < -0.3 is 4.42 Å². The Morgan fingerprint density at radius 3 is 2.11 bits per heavy atom. The van der Waals surface area contributed by atoms with Gasteiger partial charge in [0.2, 0.25) is 0 Å². The summed E-state index contributed by atoms with van der Waals surface area (Å²) in [6.45, 7) is 6.22. The molecule has 0 aliphatic heterocycles. The van der Waals surface area contributed by atoms with Crippen molar-refractivity contribution in [1.29, 1.82) is 0 Å². The normalized spacial score (nSPS) is 11.5. The van der Waals surface area contributed by atoms with Gasteiger partial charge in [-0.2, -0.15) is 0 Å². The van der Waals surface area contributed by atoms with E-state index in [1.807, 2.05) is 12.1 Å². The van der Waals surface area contributed by atoms with Crippen molar-refractivity contribution in [2.75, 3.05) is 0 Å². The Balaban J connectivity index is 2.32. The number of nitro groups is 1. The van der Waals surface area contributed by atoms with Gasteiger partial charge >= 0.3 is 0 Å². The molecule has 1 aromatic carbocycles. The van der Waals surface area contributed by atoms with Gasteiger partial charge in [-0.25, -0.2) is 0 Å². The van der Waals surface area contributed by atoms with E-state index < -0.39 is 4.92 Å². The van der Waals surface area contributed by atoms with E-state index in [0.717, 1.165) is 17.1 Å². The van der Waals surface area contributed by atoms with Crippen LogP contribution in [0.3, 0.4) is 0 Å². The lowest BCUT2D eigenvalue weighted by atomic mass is 9.94. The third-order valence-electron chi connectivity index (χ3n) is 2.71. The second-order valence-corrected chi connectivity index (χ2v) is 5.22. The molecule has 0 unspecified atom stereocenters. The van der Waals surface area contributed by atoms with Crippen LogP contribution < -0.4 is 0 Å². The van der Waals surface area contributed by atoms with Crippen LogP contribution in [0.15, 0.2) is 40.8 Å². The van der Waals surface area contributed by atoms with Crippen molar-refractivity contribution in [2.24, 2.45) is 0 Å². The highest BCUT2D eigenvalue weighted by Gasteiger charge is 2.18. The van der Waals surface area contributed by atoms with Crippen molar-refractivity contribution in [3.63, 3.8) is 0 Å². The van der Waals surface area contributed by atoms with E-state index in [9.17, 15) is 10.1 Å². The molecule has 0 N–H and O–H groups in total. The first-order chi connectivity index (χ1) is 8.38. The number of furan rings is 1. The third-order valence-corrected chi connectivity index (χ3v) is 2.71. The zero-order valence-electron chi connectivity index (χ0n) is 10.6. The van der Waals surface area contributed by atoms with Gasteiger partial charge in [0, 0.05) is 23.1 Å². The number of nitrogens with zero attached hydrogens (tertiary/aromatic N) is 1. The number of rotatable bonds is 2. The summed E-state index contributed by atoms with van der Waals surface area (Å²) in [5, 5.41) is 10.6. The molecule has 0 radical (unpaired) electrons. The predicted molar refractivity (Wildman–Crippen MR) is 69.5 cm³/mol. The maximum Gasteiger partial charge on any atom is 0.269 e. The molecule has 2 aromatic rings. The monoisotopic (exact) mass is 245 g/mol. The first-order valence-electron chi connectivity index (χ1n) is 5.73. The zero-order chi connectivity index (χ0) is 13.3. The fraction of sp³-hybridized carbons (Fsp3) is 0.286. The Labute approximate surface area is 105 Å². The quantitative estimate of drug-likeness (QED) is 0.589. The van der Waals surface area contributed by atoms with E-state index in [1.54, 1.807) is 12.1 Å². The first kappa shape index (κ1) is 12.4. The molecule has 4 heteroatoms. The molecule has 1 aromatic heterocycles. The molecule has 0 spiro atoms. The average Bonchev–Trinajstić information content (AvgIpc) is 2.78. The maximum atomic E-state index is 10.6. The molecule has 0 aliphatic rings. The van der Waals surface area contributed by atoms with Crippen LogP contribution in [-0.2, 0) is 5.41 Å². The molecule has 0 amide bonds. The van der Waals surface area contributed by atoms with E-state index in [1.165, 1.54) is 12.1 Å². The van der Waals surface area contributed by atoms with Crippen LogP contribution in [0.25, 0.3) is 11.3 Å². The molecule has 0 fully saturated rings. The molecule has 4 nitrogen and oxygen atoms in total. The molecule has 94 valence electrons. The molecule has 0 aliphatic carbocycles. The topological polar surface area (TPSA) is 56.3 Å². The second kappa shape index (κ2) is 4.29. The Morgan fingerprint density at radius 2 is 1.67 bits per heavy atom. The summed E-state index contributed by atoms with van der Waals surface area (Å²) in [5.41, 5.74) is 0.886. The van der Waals surface area contributed by atoms with Gasteiger partial charge in [-0.15, -0.1) is 0 Å². The lowest BCUT2D eigenvalue weighted by Crippen LogP contribution is -2.08. The molecular weight excluding hydrogens is 230 g/mol. The van der Waals surface area contributed by atoms with Crippen molar-refractivity contribution in [1.82, 2.24) is 0 Å². The Morgan fingerprint density at radius 1 is 1.06 bits per heavy atom. The van der Waals surface area contributed by atoms with Crippen molar-refractivity contribution in [3.05, 3.63) is 52.3 Å². The molecule has 0 saturated heterocycles. The summed E-state index contributed by atoms with van der Waals surface area (Å²) in [6, 6.07) is 10.2. The van der Waals surface area contributed by atoms with Gasteiger partial charge in [-0.05, 0) is 24.3 Å². The number of hydrogen-bond acceptors (Lipinski definition) is 3. The van der Waals surface area contributed by atoms with Gasteiger partial charge in [-0.1, -0.05) is 20.8 Å². The van der Waals surface area contributed by atoms with Crippen LogP contribution in [0, 0.1) is 10.1 Å². The van der Waals surface area contributed by atoms with Crippen LogP contribution >= 0.6 is 0 Å². The molecule has 0 saturated carbocycles. The molecular formula is C14H15NO3. The predicted octanol–water partition coefficient (Wildman–Crippen LogP) is 4.15. The SMILES string of the molecule is CC(C)(C)c1ccc(-c2ccc([N+](=O)[O-])cc2)o1. The fourth-order valence-corrected chi connectivity index (χ4v) is 1.64. The van der Waals surface area contributed by atoms with E-state index in [-0.39, 0.29) is 11.1 Å². The summed E-state index contributed by atoms with van der Waals surface area (Å²) in [5.74, 6) is 1.63. The van der Waals surface area contributed by atoms with Crippen LogP contribution in [0.4, 0.5) is 5.69 Å². The van der Waals surface area contributed by atoms with Gasteiger partial charge in [0.05, 0.1) is 4.92 Å². The highest BCUT2D eigenvalue weighted by Crippen LogP contribution is 2.30. The highest BCUT2D eigenvalue weighted by atomic mass is 16.6. The Hall–Kier alpha value is -2.10. The summed E-state index contributed by atoms with van der Waals surface area (Å²) in [4.78, 5) is 10.2. The number of non-ortho nitro benzene ring substituents is 1. The lowest BCUT2D eigenvalue weighted by Gasteiger charge is -2.14. The second-order valence-electron chi connectivity index (χ2n) is 5.22. The van der Waals surface area contributed by atoms with Crippen molar-refractivity contribution in [3.8, 4) is 11.3 Å². The molecule has 1 heterocycles. The number of nitro benzene ring substituents is 1. The summed E-state index contributed by atoms with van der Waals surface area (Å²) >= 11 is 0. The Kier molecular flexibility index (Phi) is 2.95. The van der Waals surface area contributed by atoms with Crippen molar-refractivity contribution in [2.45, 2.75) is 26.2 Å².